The molecule has 0 spiro atoms. The van der Waals surface area contributed by atoms with Crippen molar-refractivity contribution >= 4 is 33.9 Å². The van der Waals surface area contributed by atoms with Gasteiger partial charge in [0.1, 0.15) is 11.6 Å². The molecule has 0 saturated carbocycles. The minimum Gasteiger partial charge on any atom is -0.502 e. The van der Waals surface area contributed by atoms with Gasteiger partial charge in [0, 0.05) is 37.3 Å². The molecule has 3 heterocycles. The SMILES string of the molecule is Cn1c(=O)c(C#N)c(N2CC(C(O)=S)C2)c2c(-c3ccccn3)cccc21. The average molecular weight is 376 g/mol. The van der Waals surface area contributed by atoms with Gasteiger partial charge in [-0.3, -0.25) is 9.78 Å². The van der Waals surface area contributed by atoms with Gasteiger partial charge in [0.05, 0.1) is 22.8 Å². The number of aryl methyl sites for hydroxylation is 1. The summed E-state index contributed by atoms with van der Waals surface area (Å²) in [5.41, 5.74) is 2.69. The highest BCUT2D eigenvalue weighted by Crippen LogP contribution is 2.38. The molecule has 3 aromatic rings. The van der Waals surface area contributed by atoms with Gasteiger partial charge in [-0.15, -0.1) is 0 Å². The van der Waals surface area contributed by atoms with E-state index in [1.54, 1.807) is 13.2 Å². The van der Waals surface area contributed by atoms with Crippen molar-refractivity contribution in [3.05, 3.63) is 58.5 Å². The fourth-order valence-electron chi connectivity index (χ4n) is 3.54. The van der Waals surface area contributed by atoms with Crippen LogP contribution in [0, 0.1) is 17.2 Å². The molecule has 1 aliphatic rings. The molecule has 7 heteroatoms. The van der Waals surface area contributed by atoms with Crippen LogP contribution in [0.25, 0.3) is 22.2 Å². The van der Waals surface area contributed by atoms with Crippen molar-refractivity contribution in [3.8, 4) is 17.3 Å². The maximum absolute atomic E-state index is 12.8. The molecule has 2 aromatic heterocycles. The van der Waals surface area contributed by atoms with Gasteiger partial charge < -0.3 is 14.6 Å². The van der Waals surface area contributed by atoms with E-state index in [2.05, 4.69) is 11.1 Å². The second-order valence-corrected chi connectivity index (χ2v) is 6.97. The molecule has 1 aromatic carbocycles. The minimum atomic E-state index is -0.340. The molecule has 0 radical (unpaired) electrons. The summed E-state index contributed by atoms with van der Waals surface area (Å²) in [6.07, 6.45) is 1.71. The number of hydrogen-bond donors (Lipinski definition) is 1. The molecule has 0 amide bonds. The summed E-state index contributed by atoms with van der Waals surface area (Å²) < 4.78 is 1.50. The zero-order chi connectivity index (χ0) is 19.1. The molecule has 1 N–H and O–H groups in total. The summed E-state index contributed by atoms with van der Waals surface area (Å²) >= 11 is 4.87. The van der Waals surface area contributed by atoms with Gasteiger partial charge in [-0.2, -0.15) is 5.26 Å². The number of thiocarbonyl (C=S) groups is 1. The lowest BCUT2D eigenvalue weighted by Crippen LogP contribution is -2.51. The summed E-state index contributed by atoms with van der Waals surface area (Å²) in [4.78, 5) is 19.1. The fourth-order valence-corrected chi connectivity index (χ4v) is 3.69. The van der Waals surface area contributed by atoms with Crippen LogP contribution in [0.1, 0.15) is 5.56 Å². The summed E-state index contributed by atoms with van der Waals surface area (Å²) in [7, 11) is 1.67. The van der Waals surface area contributed by atoms with E-state index >= 15 is 0 Å². The molecule has 0 bridgehead atoms. The Hall–Kier alpha value is -3.24. The summed E-state index contributed by atoms with van der Waals surface area (Å²) in [6, 6.07) is 13.4. The van der Waals surface area contributed by atoms with E-state index in [4.69, 9.17) is 12.2 Å². The monoisotopic (exact) mass is 376 g/mol. The molecule has 4 rings (SSSR count). The first-order valence-corrected chi connectivity index (χ1v) is 8.88. The maximum atomic E-state index is 12.8. The van der Waals surface area contributed by atoms with Crippen molar-refractivity contribution in [3.63, 3.8) is 0 Å². The van der Waals surface area contributed by atoms with E-state index in [0.717, 1.165) is 22.2 Å². The highest BCUT2D eigenvalue weighted by Gasteiger charge is 2.34. The fraction of sp³-hybridized carbons (Fsp3) is 0.200. The van der Waals surface area contributed by atoms with Crippen LogP contribution in [0.5, 0.6) is 0 Å². The number of aromatic nitrogens is 2. The van der Waals surface area contributed by atoms with E-state index in [1.807, 2.05) is 41.3 Å². The molecule has 1 saturated heterocycles. The first-order valence-electron chi connectivity index (χ1n) is 8.48. The molecule has 0 aliphatic carbocycles. The molecule has 6 nitrogen and oxygen atoms in total. The lowest BCUT2D eigenvalue weighted by atomic mass is 9.94. The zero-order valence-corrected chi connectivity index (χ0v) is 15.4. The summed E-state index contributed by atoms with van der Waals surface area (Å²) in [5, 5.41) is 20.0. The highest BCUT2D eigenvalue weighted by atomic mass is 32.1. The van der Waals surface area contributed by atoms with Gasteiger partial charge in [0.2, 0.25) is 0 Å². The van der Waals surface area contributed by atoms with Crippen LogP contribution in [0.3, 0.4) is 0 Å². The molecule has 134 valence electrons. The van der Waals surface area contributed by atoms with Crippen LogP contribution in [0.15, 0.2) is 47.4 Å². The normalized spacial score (nSPS) is 14.0. The summed E-state index contributed by atoms with van der Waals surface area (Å²) in [5.74, 6) is -0.132. The van der Waals surface area contributed by atoms with Crippen molar-refractivity contribution in [2.45, 2.75) is 0 Å². The van der Waals surface area contributed by atoms with E-state index in [-0.39, 0.29) is 22.1 Å². The quantitative estimate of drug-likeness (QED) is 0.708. The first-order chi connectivity index (χ1) is 13.0. The number of fused-ring (bicyclic) bond motifs is 1. The molecular formula is C20H16N4O2S. The Balaban J connectivity index is 2.05. The minimum absolute atomic E-state index is 0.0390. The van der Waals surface area contributed by atoms with Gasteiger partial charge in [0.15, 0.2) is 5.05 Å². The first kappa shape index (κ1) is 17.2. The van der Waals surface area contributed by atoms with Crippen LogP contribution < -0.4 is 10.5 Å². The van der Waals surface area contributed by atoms with Crippen LogP contribution >= 0.6 is 12.2 Å². The molecule has 0 atom stereocenters. The van der Waals surface area contributed by atoms with Gasteiger partial charge in [-0.05, 0) is 30.4 Å². The van der Waals surface area contributed by atoms with Crippen LogP contribution in [0.2, 0.25) is 0 Å². The Morgan fingerprint density at radius 3 is 2.70 bits per heavy atom. The third-order valence-electron chi connectivity index (χ3n) is 5.00. The number of rotatable bonds is 3. The molecule has 0 unspecified atom stereocenters. The second kappa shape index (κ2) is 6.49. The number of nitrogens with zero attached hydrogens (tertiary/aromatic N) is 4. The molecular weight excluding hydrogens is 360 g/mol. The highest BCUT2D eigenvalue weighted by molar-refractivity contribution is 7.80. The molecule has 27 heavy (non-hydrogen) atoms. The van der Waals surface area contributed by atoms with Crippen molar-refractivity contribution in [1.29, 1.82) is 5.26 Å². The Kier molecular flexibility index (Phi) is 4.13. The Morgan fingerprint density at radius 1 is 1.30 bits per heavy atom. The van der Waals surface area contributed by atoms with E-state index < -0.39 is 0 Å². The lowest BCUT2D eigenvalue weighted by Gasteiger charge is -2.41. The Labute approximate surface area is 160 Å². The maximum Gasteiger partial charge on any atom is 0.270 e. The summed E-state index contributed by atoms with van der Waals surface area (Å²) in [6.45, 7) is 0.950. The van der Waals surface area contributed by atoms with Crippen molar-refractivity contribution < 1.29 is 5.11 Å². The number of anilines is 1. The third kappa shape index (κ3) is 2.66. The van der Waals surface area contributed by atoms with E-state index in [1.165, 1.54) is 4.57 Å². The Bertz CT molecular complexity index is 1160. The van der Waals surface area contributed by atoms with Crippen molar-refractivity contribution in [1.82, 2.24) is 9.55 Å². The van der Waals surface area contributed by atoms with Gasteiger partial charge in [0.25, 0.3) is 5.56 Å². The zero-order valence-electron chi connectivity index (χ0n) is 14.6. The van der Waals surface area contributed by atoms with Crippen molar-refractivity contribution in [2.75, 3.05) is 18.0 Å². The number of aliphatic hydroxyl groups excluding tert-OH is 1. The molecule has 1 aliphatic heterocycles. The third-order valence-corrected chi connectivity index (χ3v) is 5.33. The van der Waals surface area contributed by atoms with E-state index in [9.17, 15) is 15.2 Å². The van der Waals surface area contributed by atoms with Gasteiger partial charge >= 0.3 is 0 Å². The van der Waals surface area contributed by atoms with Crippen LogP contribution in [-0.4, -0.2) is 32.8 Å². The van der Waals surface area contributed by atoms with Gasteiger partial charge in [-0.25, -0.2) is 0 Å². The number of pyridine rings is 2. The van der Waals surface area contributed by atoms with Gasteiger partial charge in [-0.1, -0.05) is 18.2 Å². The average Bonchev–Trinajstić information content (AvgIpc) is 2.64. The van der Waals surface area contributed by atoms with Crippen LogP contribution in [-0.2, 0) is 7.05 Å². The smallest absolute Gasteiger partial charge is 0.270 e. The second-order valence-electron chi connectivity index (χ2n) is 6.55. The van der Waals surface area contributed by atoms with Crippen LogP contribution in [0.4, 0.5) is 5.69 Å². The Morgan fingerprint density at radius 2 is 2.07 bits per heavy atom. The number of benzene rings is 1. The topological polar surface area (TPSA) is 82.2 Å². The number of hydrogen-bond acceptors (Lipinski definition) is 5. The predicted molar refractivity (Wildman–Crippen MR) is 108 cm³/mol. The molecule has 1 fully saturated rings. The predicted octanol–water partition coefficient (Wildman–Crippen LogP) is 2.79. The lowest BCUT2D eigenvalue weighted by molar-refractivity contribution is 0.436. The number of aliphatic hydroxyl groups is 1. The van der Waals surface area contributed by atoms with Crippen molar-refractivity contribution in [2.24, 2.45) is 13.0 Å². The largest absolute Gasteiger partial charge is 0.502 e. The standard InChI is InChI=1S/C20H16N4O2S/c1-23-16-7-4-5-13(15-6-2-3-8-22-15)17(16)18(14(9-21)19(23)25)24-10-12(11-24)20(26)27/h2-8,12H,10-11H2,1H3,(H,26,27). The number of nitriles is 1. The van der Waals surface area contributed by atoms with E-state index in [0.29, 0.717) is 18.8 Å².